The van der Waals surface area contributed by atoms with Crippen LogP contribution in [0.3, 0.4) is 0 Å². The molecular formula is C14H9F4N3O2. The molecule has 5 nitrogen and oxygen atoms in total. The monoisotopic (exact) mass is 327 g/mol. The van der Waals surface area contributed by atoms with E-state index in [1.807, 2.05) is 0 Å². The Labute approximate surface area is 127 Å². The van der Waals surface area contributed by atoms with Gasteiger partial charge in [0.1, 0.15) is 11.5 Å². The molecule has 0 spiro atoms. The SMILES string of the molecule is OC1N=C(c2cc(-c3cc(C(F)(F)F)ccc3F)ccn2)NO1. The standard InChI is InChI=1S/C14H9F4N3O2/c15-10-2-1-8(14(16,17)18)6-9(10)7-3-4-19-11(5-7)12-20-13(22)23-21-12/h1-6,13,22H,(H,20,21). The molecule has 9 heteroatoms. The van der Waals surface area contributed by atoms with Crippen molar-refractivity contribution in [1.29, 1.82) is 0 Å². The van der Waals surface area contributed by atoms with E-state index in [4.69, 9.17) is 5.11 Å². The van der Waals surface area contributed by atoms with Gasteiger partial charge in [-0.25, -0.2) is 19.7 Å². The zero-order chi connectivity index (χ0) is 16.6. The van der Waals surface area contributed by atoms with Crippen LogP contribution in [-0.2, 0) is 11.0 Å². The highest BCUT2D eigenvalue weighted by atomic mass is 19.4. The third kappa shape index (κ3) is 3.15. The number of hydroxylamine groups is 1. The number of rotatable bonds is 2. The van der Waals surface area contributed by atoms with Crippen LogP contribution in [0.15, 0.2) is 41.5 Å². The summed E-state index contributed by atoms with van der Waals surface area (Å²) >= 11 is 0. The van der Waals surface area contributed by atoms with Crippen molar-refractivity contribution < 1.29 is 27.5 Å². The first-order valence-corrected chi connectivity index (χ1v) is 6.35. The van der Waals surface area contributed by atoms with Crippen LogP contribution in [0.2, 0.25) is 0 Å². The van der Waals surface area contributed by atoms with Crippen molar-refractivity contribution in [3.63, 3.8) is 0 Å². The van der Waals surface area contributed by atoms with E-state index in [1.54, 1.807) is 0 Å². The molecule has 0 radical (unpaired) electrons. The van der Waals surface area contributed by atoms with Crippen molar-refractivity contribution in [3.05, 3.63) is 53.6 Å². The number of nitrogens with one attached hydrogen (secondary N) is 1. The lowest BCUT2D eigenvalue weighted by Gasteiger charge is -2.10. The van der Waals surface area contributed by atoms with E-state index >= 15 is 0 Å². The molecule has 3 rings (SSSR count). The Balaban J connectivity index is 2.04. The van der Waals surface area contributed by atoms with E-state index in [1.165, 1.54) is 18.3 Å². The third-order valence-corrected chi connectivity index (χ3v) is 3.11. The molecular weight excluding hydrogens is 318 g/mol. The number of halogens is 4. The summed E-state index contributed by atoms with van der Waals surface area (Å²) in [5, 5.41) is 9.13. The second-order valence-electron chi connectivity index (χ2n) is 4.65. The molecule has 0 aliphatic carbocycles. The molecule has 1 aliphatic heterocycles. The van der Waals surface area contributed by atoms with Crippen molar-refractivity contribution in [2.45, 2.75) is 12.6 Å². The number of benzene rings is 1. The van der Waals surface area contributed by atoms with Crippen molar-refractivity contribution in [2.24, 2.45) is 4.99 Å². The summed E-state index contributed by atoms with van der Waals surface area (Å²) in [5.74, 6) is -0.709. The number of alkyl halides is 3. The number of hydrogen-bond acceptors (Lipinski definition) is 5. The minimum Gasteiger partial charge on any atom is -0.348 e. The lowest BCUT2D eigenvalue weighted by Crippen LogP contribution is -2.20. The fourth-order valence-corrected chi connectivity index (χ4v) is 2.04. The van der Waals surface area contributed by atoms with Gasteiger partial charge in [0.2, 0.25) is 0 Å². The molecule has 1 aromatic carbocycles. The Morgan fingerprint density at radius 2 is 1.96 bits per heavy atom. The summed E-state index contributed by atoms with van der Waals surface area (Å²) in [5.41, 5.74) is 1.52. The zero-order valence-electron chi connectivity index (χ0n) is 11.3. The Morgan fingerprint density at radius 3 is 2.61 bits per heavy atom. The molecule has 23 heavy (non-hydrogen) atoms. The maximum absolute atomic E-state index is 13.9. The van der Waals surface area contributed by atoms with Crippen molar-refractivity contribution in [3.8, 4) is 11.1 Å². The predicted octanol–water partition coefficient (Wildman–Crippen LogP) is 2.46. The predicted molar refractivity (Wildman–Crippen MR) is 71.4 cm³/mol. The summed E-state index contributed by atoms with van der Waals surface area (Å²) in [6.07, 6.45) is -4.69. The molecule has 0 bridgehead atoms. The molecule has 1 aliphatic rings. The highest BCUT2D eigenvalue weighted by Gasteiger charge is 2.31. The smallest absolute Gasteiger partial charge is 0.348 e. The minimum atomic E-state index is -4.58. The average molecular weight is 327 g/mol. The van der Waals surface area contributed by atoms with Crippen molar-refractivity contribution in [1.82, 2.24) is 10.5 Å². The van der Waals surface area contributed by atoms with Gasteiger partial charge < -0.3 is 5.11 Å². The first kappa shape index (κ1) is 15.4. The maximum Gasteiger partial charge on any atom is 0.416 e. The molecule has 0 saturated carbocycles. The van der Waals surface area contributed by atoms with Gasteiger partial charge in [-0.1, -0.05) is 0 Å². The quantitative estimate of drug-likeness (QED) is 0.832. The van der Waals surface area contributed by atoms with Crippen molar-refractivity contribution >= 4 is 5.84 Å². The van der Waals surface area contributed by atoms with Crippen LogP contribution in [0.25, 0.3) is 11.1 Å². The van der Waals surface area contributed by atoms with Crippen LogP contribution >= 0.6 is 0 Å². The van der Waals surface area contributed by atoms with Gasteiger partial charge in [-0.2, -0.15) is 13.2 Å². The van der Waals surface area contributed by atoms with Crippen molar-refractivity contribution in [2.75, 3.05) is 0 Å². The Hall–Kier alpha value is -2.52. The molecule has 0 amide bonds. The first-order valence-electron chi connectivity index (χ1n) is 6.35. The van der Waals surface area contributed by atoms with Crippen LogP contribution in [0.1, 0.15) is 11.3 Å². The lowest BCUT2D eigenvalue weighted by molar-refractivity contribution is -0.137. The minimum absolute atomic E-state index is 0.0896. The molecule has 0 saturated heterocycles. The van der Waals surface area contributed by atoms with Crippen LogP contribution in [0, 0.1) is 5.82 Å². The van der Waals surface area contributed by atoms with Gasteiger partial charge in [0.05, 0.1) is 5.56 Å². The van der Waals surface area contributed by atoms with E-state index in [0.29, 0.717) is 6.07 Å². The third-order valence-electron chi connectivity index (χ3n) is 3.11. The number of aliphatic hydroxyl groups excluding tert-OH is 1. The van der Waals surface area contributed by atoms with Crippen LogP contribution in [0.4, 0.5) is 17.6 Å². The first-order chi connectivity index (χ1) is 10.8. The topological polar surface area (TPSA) is 66.7 Å². The zero-order valence-corrected chi connectivity index (χ0v) is 11.3. The number of pyridine rings is 1. The van der Waals surface area contributed by atoms with E-state index in [0.717, 1.165) is 12.1 Å². The van der Waals surface area contributed by atoms with Crippen LogP contribution < -0.4 is 5.48 Å². The van der Waals surface area contributed by atoms with E-state index in [2.05, 4.69) is 20.3 Å². The fraction of sp³-hybridized carbons (Fsp3) is 0.143. The summed E-state index contributed by atoms with van der Waals surface area (Å²) in [4.78, 5) is 12.2. The summed E-state index contributed by atoms with van der Waals surface area (Å²) < 4.78 is 52.2. The van der Waals surface area contributed by atoms with Gasteiger partial charge in [-0.05, 0) is 35.9 Å². The Morgan fingerprint density at radius 1 is 1.17 bits per heavy atom. The van der Waals surface area contributed by atoms with Crippen LogP contribution in [0.5, 0.6) is 0 Å². The second kappa shape index (κ2) is 5.60. The molecule has 2 N–H and O–H groups in total. The highest BCUT2D eigenvalue weighted by molar-refractivity contribution is 5.97. The van der Waals surface area contributed by atoms with Gasteiger partial charge in [-0.3, -0.25) is 4.98 Å². The number of aliphatic hydroxyl groups is 1. The van der Waals surface area contributed by atoms with Gasteiger partial charge in [0, 0.05) is 11.8 Å². The Bertz CT molecular complexity index is 777. The van der Waals surface area contributed by atoms with Gasteiger partial charge in [-0.15, -0.1) is 0 Å². The largest absolute Gasteiger partial charge is 0.416 e. The molecule has 120 valence electrons. The van der Waals surface area contributed by atoms with Gasteiger partial charge in [0.25, 0.3) is 6.41 Å². The number of nitrogens with zero attached hydrogens (tertiary/aromatic N) is 2. The summed E-state index contributed by atoms with van der Waals surface area (Å²) in [7, 11) is 0. The fourth-order valence-electron chi connectivity index (χ4n) is 2.04. The molecule has 0 fully saturated rings. The average Bonchev–Trinajstić information content (AvgIpc) is 2.93. The molecule has 2 heterocycles. The lowest BCUT2D eigenvalue weighted by atomic mass is 10.0. The highest BCUT2D eigenvalue weighted by Crippen LogP contribution is 2.33. The number of aromatic nitrogens is 1. The number of aliphatic imine (C=N–C) groups is 1. The Kier molecular flexibility index (Phi) is 3.74. The molecule has 1 aromatic heterocycles. The normalized spacial score (nSPS) is 17.8. The van der Waals surface area contributed by atoms with E-state index in [-0.39, 0.29) is 22.7 Å². The number of amidine groups is 1. The molecule has 2 aromatic rings. The number of hydrogen-bond donors (Lipinski definition) is 2. The molecule has 1 unspecified atom stereocenters. The second-order valence-corrected chi connectivity index (χ2v) is 4.65. The van der Waals surface area contributed by atoms with Gasteiger partial charge >= 0.3 is 6.18 Å². The van der Waals surface area contributed by atoms with Gasteiger partial charge in [0.15, 0.2) is 5.84 Å². The summed E-state index contributed by atoms with van der Waals surface area (Å²) in [6, 6.07) is 4.87. The van der Waals surface area contributed by atoms with Crippen LogP contribution in [-0.4, -0.2) is 22.3 Å². The molecule has 1 atom stereocenters. The maximum atomic E-state index is 13.9. The summed E-state index contributed by atoms with van der Waals surface area (Å²) in [6.45, 7) is 0. The van der Waals surface area contributed by atoms with E-state index < -0.39 is 24.0 Å². The van der Waals surface area contributed by atoms with E-state index in [9.17, 15) is 17.6 Å².